The van der Waals surface area contributed by atoms with Gasteiger partial charge in [-0.25, -0.2) is 9.40 Å². The largest absolute Gasteiger partial charge is 0.497 e. The molecule has 3 aromatic rings. The van der Waals surface area contributed by atoms with Gasteiger partial charge >= 0.3 is 0 Å². The Hall–Kier alpha value is -4.04. The van der Waals surface area contributed by atoms with Gasteiger partial charge < -0.3 is 14.4 Å². The summed E-state index contributed by atoms with van der Waals surface area (Å²) in [6.07, 6.45) is 0.501. The van der Waals surface area contributed by atoms with Crippen LogP contribution in [-0.2, 0) is 9.53 Å². The van der Waals surface area contributed by atoms with Crippen molar-refractivity contribution >= 4 is 17.5 Å². The third-order valence-electron chi connectivity index (χ3n) is 6.31. The molecule has 192 valence electrons. The summed E-state index contributed by atoms with van der Waals surface area (Å²) in [7, 11) is 3.11. The molecule has 1 atom stereocenters. The van der Waals surface area contributed by atoms with Crippen molar-refractivity contribution in [1.29, 1.82) is 0 Å². The number of amides is 2. The molecule has 0 unspecified atom stereocenters. The molecule has 7 nitrogen and oxygen atoms in total. The average Bonchev–Trinajstić information content (AvgIpc) is 3.37. The number of benzene rings is 3. The summed E-state index contributed by atoms with van der Waals surface area (Å²) in [5, 5.41) is 6.14. The summed E-state index contributed by atoms with van der Waals surface area (Å²) >= 11 is 0. The second kappa shape index (κ2) is 11.8. The van der Waals surface area contributed by atoms with Crippen molar-refractivity contribution in [1.82, 2.24) is 9.91 Å². The SMILES string of the molecule is COCCN(CC(=O)N1N=C(c2cccc(OC)c2)C[C@@H]1c1ccc(C)cc1)C(=O)c1ccccc1F. The molecule has 0 bridgehead atoms. The quantitative estimate of drug-likeness (QED) is 0.428. The van der Waals surface area contributed by atoms with Gasteiger partial charge in [0.05, 0.1) is 31.0 Å². The van der Waals surface area contributed by atoms with Crippen LogP contribution >= 0.6 is 0 Å². The Morgan fingerprint density at radius 1 is 1.05 bits per heavy atom. The third kappa shape index (κ3) is 6.03. The van der Waals surface area contributed by atoms with Gasteiger partial charge in [0.1, 0.15) is 18.1 Å². The highest BCUT2D eigenvalue weighted by atomic mass is 19.1. The van der Waals surface area contributed by atoms with Gasteiger partial charge in [-0.05, 0) is 36.8 Å². The first-order valence-corrected chi connectivity index (χ1v) is 12.0. The number of halogens is 1. The molecule has 0 N–H and O–H groups in total. The number of nitrogens with zero attached hydrogens (tertiary/aromatic N) is 3. The van der Waals surface area contributed by atoms with Gasteiger partial charge in [-0.2, -0.15) is 5.10 Å². The molecule has 0 aliphatic carbocycles. The molecule has 1 heterocycles. The van der Waals surface area contributed by atoms with Crippen LogP contribution in [0.2, 0.25) is 0 Å². The molecule has 8 heteroatoms. The summed E-state index contributed by atoms with van der Waals surface area (Å²) in [6, 6.07) is 20.9. The number of methoxy groups -OCH3 is 2. The Kier molecular flexibility index (Phi) is 8.30. The van der Waals surface area contributed by atoms with Gasteiger partial charge in [-0.15, -0.1) is 0 Å². The number of ether oxygens (including phenoxy) is 2. The zero-order chi connectivity index (χ0) is 26.4. The molecule has 1 aliphatic rings. The van der Waals surface area contributed by atoms with Crippen LogP contribution in [-0.4, -0.2) is 61.4 Å². The van der Waals surface area contributed by atoms with Crippen LogP contribution in [0.5, 0.6) is 5.75 Å². The van der Waals surface area contributed by atoms with Crippen molar-refractivity contribution in [3.8, 4) is 5.75 Å². The first-order chi connectivity index (χ1) is 17.9. The van der Waals surface area contributed by atoms with E-state index in [0.717, 1.165) is 22.4 Å². The normalized spacial score (nSPS) is 14.9. The van der Waals surface area contributed by atoms with Gasteiger partial charge in [-0.3, -0.25) is 9.59 Å². The van der Waals surface area contributed by atoms with Crippen molar-refractivity contribution in [3.63, 3.8) is 0 Å². The van der Waals surface area contributed by atoms with Gasteiger partial charge in [-0.1, -0.05) is 54.1 Å². The van der Waals surface area contributed by atoms with Crippen LogP contribution < -0.4 is 4.74 Å². The standard InChI is InChI=1S/C29H30FN3O4/c1-20-11-13-21(14-12-20)27-18-26(22-7-6-8-23(17-22)37-3)31-33(27)28(34)19-32(15-16-36-2)29(35)24-9-4-5-10-25(24)30/h4-14,17,27H,15-16,18-19H2,1-3H3/t27-/m1/s1. The molecule has 0 radical (unpaired) electrons. The monoisotopic (exact) mass is 503 g/mol. The van der Waals surface area contributed by atoms with E-state index in [1.807, 2.05) is 55.5 Å². The van der Waals surface area contributed by atoms with Crippen molar-refractivity contribution in [3.05, 3.63) is 101 Å². The van der Waals surface area contributed by atoms with Crippen molar-refractivity contribution in [2.45, 2.75) is 19.4 Å². The van der Waals surface area contributed by atoms with Gasteiger partial charge in [0.2, 0.25) is 0 Å². The second-order valence-corrected chi connectivity index (χ2v) is 8.85. The average molecular weight is 504 g/mol. The van der Waals surface area contributed by atoms with Crippen molar-refractivity contribution < 1.29 is 23.5 Å². The van der Waals surface area contributed by atoms with E-state index in [1.165, 1.54) is 35.2 Å². The zero-order valence-corrected chi connectivity index (χ0v) is 21.2. The van der Waals surface area contributed by atoms with Gasteiger partial charge in [0, 0.05) is 25.6 Å². The van der Waals surface area contributed by atoms with E-state index in [2.05, 4.69) is 0 Å². The van der Waals surface area contributed by atoms with Crippen LogP contribution in [0.1, 0.15) is 39.5 Å². The van der Waals surface area contributed by atoms with E-state index in [1.54, 1.807) is 13.2 Å². The first-order valence-electron chi connectivity index (χ1n) is 12.0. The lowest BCUT2D eigenvalue weighted by molar-refractivity contribution is -0.133. The maximum absolute atomic E-state index is 14.4. The van der Waals surface area contributed by atoms with Crippen molar-refractivity contribution in [2.75, 3.05) is 33.9 Å². The first kappa shape index (κ1) is 26.0. The summed E-state index contributed by atoms with van der Waals surface area (Å²) in [4.78, 5) is 28.1. The number of hydrogen-bond donors (Lipinski definition) is 0. The van der Waals surface area contributed by atoms with E-state index in [-0.39, 0.29) is 37.2 Å². The molecule has 0 saturated carbocycles. The van der Waals surface area contributed by atoms with Crippen LogP contribution in [0.25, 0.3) is 0 Å². The Morgan fingerprint density at radius 2 is 1.81 bits per heavy atom. The number of hydrazone groups is 1. The minimum Gasteiger partial charge on any atom is -0.497 e. The Balaban J connectivity index is 1.65. The Bertz CT molecular complexity index is 1290. The van der Waals surface area contributed by atoms with E-state index in [0.29, 0.717) is 12.2 Å². The number of aryl methyl sites for hydroxylation is 1. The molecule has 2 amide bonds. The highest BCUT2D eigenvalue weighted by Gasteiger charge is 2.34. The number of rotatable bonds is 9. The van der Waals surface area contributed by atoms with E-state index in [4.69, 9.17) is 14.6 Å². The molecule has 3 aromatic carbocycles. The fraction of sp³-hybridized carbons (Fsp3) is 0.276. The molecule has 1 aliphatic heterocycles. The molecular formula is C29H30FN3O4. The molecule has 4 rings (SSSR count). The molecule has 37 heavy (non-hydrogen) atoms. The molecule has 0 spiro atoms. The number of hydrogen-bond acceptors (Lipinski definition) is 5. The molecule has 0 saturated heterocycles. The van der Waals surface area contributed by atoms with Crippen LogP contribution in [0.15, 0.2) is 77.9 Å². The fourth-order valence-corrected chi connectivity index (χ4v) is 4.26. The highest BCUT2D eigenvalue weighted by molar-refractivity contribution is 6.04. The van der Waals surface area contributed by atoms with Gasteiger partial charge in [0.25, 0.3) is 11.8 Å². The van der Waals surface area contributed by atoms with E-state index >= 15 is 0 Å². The van der Waals surface area contributed by atoms with Gasteiger partial charge in [0.15, 0.2) is 0 Å². The van der Waals surface area contributed by atoms with Crippen LogP contribution in [0.3, 0.4) is 0 Å². The predicted octanol–water partition coefficient (Wildman–Crippen LogP) is 4.61. The topological polar surface area (TPSA) is 71.4 Å². The lowest BCUT2D eigenvalue weighted by Gasteiger charge is -2.27. The number of carbonyl (C=O) groups excluding carboxylic acids is 2. The third-order valence-corrected chi connectivity index (χ3v) is 6.31. The minimum atomic E-state index is -0.639. The smallest absolute Gasteiger partial charge is 0.262 e. The van der Waals surface area contributed by atoms with E-state index < -0.39 is 11.7 Å². The minimum absolute atomic E-state index is 0.0940. The maximum atomic E-state index is 14.4. The molecular weight excluding hydrogens is 473 g/mol. The second-order valence-electron chi connectivity index (χ2n) is 8.85. The zero-order valence-electron chi connectivity index (χ0n) is 21.2. The molecule has 0 aromatic heterocycles. The summed E-state index contributed by atoms with van der Waals surface area (Å²) in [5.74, 6) is -0.895. The number of carbonyl (C=O) groups is 2. The highest BCUT2D eigenvalue weighted by Crippen LogP contribution is 2.33. The lowest BCUT2D eigenvalue weighted by Crippen LogP contribution is -2.43. The summed E-state index contributed by atoms with van der Waals surface area (Å²) in [5.41, 5.74) is 3.54. The lowest BCUT2D eigenvalue weighted by atomic mass is 9.97. The Labute approximate surface area is 216 Å². The molecule has 0 fully saturated rings. The summed E-state index contributed by atoms with van der Waals surface area (Å²) in [6.45, 7) is 2.06. The van der Waals surface area contributed by atoms with Crippen molar-refractivity contribution in [2.24, 2.45) is 5.10 Å². The van der Waals surface area contributed by atoms with E-state index in [9.17, 15) is 14.0 Å². The maximum Gasteiger partial charge on any atom is 0.262 e. The predicted molar refractivity (Wildman–Crippen MR) is 139 cm³/mol. The van der Waals surface area contributed by atoms with Crippen LogP contribution in [0.4, 0.5) is 4.39 Å². The summed E-state index contributed by atoms with van der Waals surface area (Å²) < 4.78 is 24.9. The van der Waals surface area contributed by atoms with Crippen LogP contribution in [0, 0.1) is 12.7 Å². The fourth-order valence-electron chi connectivity index (χ4n) is 4.26. The Morgan fingerprint density at radius 3 is 2.51 bits per heavy atom.